The van der Waals surface area contributed by atoms with Gasteiger partial charge in [0.2, 0.25) is 10.0 Å². The van der Waals surface area contributed by atoms with Gasteiger partial charge in [-0.1, -0.05) is 23.7 Å². The number of benzene rings is 1. The first kappa shape index (κ1) is 18.4. The summed E-state index contributed by atoms with van der Waals surface area (Å²) in [6.07, 6.45) is 1.26. The molecular weight excluding hydrogens is 354 g/mol. The van der Waals surface area contributed by atoms with E-state index in [1.54, 1.807) is 36.5 Å². The second-order valence-corrected chi connectivity index (χ2v) is 8.40. The van der Waals surface area contributed by atoms with Crippen LogP contribution in [0.4, 0.5) is 0 Å². The number of rotatable bonds is 8. The first-order valence-corrected chi connectivity index (χ1v) is 10.1. The third-order valence-electron chi connectivity index (χ3n) is 3.72. The van der Waals surface area contributed by atoms with E-state index in [0.717, 1.165) is 4.88 Å². The minimum atomic E-state index is -3.59. The number of hydrogen-bond acceptors (Lipinski definition) is 4. The maximum atomic E-state index is 12.4. The van der Waals surface area contributed by atoms with Crippen LogP contribution in [-0.4, -0.2) is 26.7 Å². The van der Waals surface area contributed by atoms with Gasteiger partial charge in [-0.2, -0.15) is 0 Å². The van der Waals surface area contributed by atoms with Crippen LogP contribution in [0.25, 0.3) is 0 Å². The van der Waals surface area contributed by atoms with Gasteiger partial charge < -0.3 is 5.11 Å². The van der Waals surface area contributed by atoms with Gasteiger partial charge in [0.05, 0.1) is 4.90 Å². The van der Waals surface area contributed by atoms with Crippen LogP contribution in [0.1, 0.15) is 29.2 Å². The molecule has 1 aromatic heterocycles. The fourth-order valence-electron chi connectivity index (χ4n) is 2.43. The fourth-order valence-corrected chi connectivity index (χ4v) is 4.88. The molecule has 126 valence electrons. The predicted octanol–water partition coefficient (Wildman–Crippen LogP) is 3.54. The van der Waals surface area contributed by atoms with Crippen LogP contribution in [0, 0.1) is 6.92 Å². The smallest absolute Gasteiger partial charge is 0.240 e. The lowest BCUT2D eigenvalue weighted by Crippen LogP contribution is -2.26. The minimum Gasteiger partial charge on any atom is -0.396 e. The zero-order valence-electron chi connectivity index (χ0n) is 12.8. The molecule has 0 radical (unpaired) electrons. The number of hydrogen-bond donors (Lipinski definition) is 2. The van der Waals surface area contributed by atoms with Crippen molar-refractivity contribution in [1.29, 1.82) is 0 Å². The molecule has 2 N–H and O–H groups in total. The molecule has 0 saturated carbocycles. The molecule has 0 aliphatic rings. The monoisotopic (exact) mass is 373 g/mol. The normalized spacial score (nSPS) is 13.2. The predicted molar refractivity (Wildman–Crippen MR) is 94.8 cm³/mol. The van der Waals surface area contributed by atoms with Crippen molar-refractivity contribution in [2.45, 2.75) is 30.6 Å². The highest BCUT2D eigenvalue weighted by Crippen LogP contribution is 2.27. The van der Waals surface area contributed by atoms with Gasteiger partial charge in [-0.15, -0.1) is 11.3 Å². The molecule has 0 spiro atoms. The van der Waals surface area contributed by atoms with Gasteiger partial charge in [-0.3, -0.25) is 0 Å². The number of aliphatic hydroxyl groups excluding tert-OH is 1. The van der Waals surface area contributed by atoms with Crippen molar-refractivity contribution in [2.24, 2.45) is 0 Å². The summed E-state index contributed by atoms with van der Waals surface area (Å²) in [5, 5.41) is 11.6. The van der Waals surface area contributed by atoms with Crippen molar-refractivity contribution in [2.75, 3.05) is 13.2 Å². The van der Waals surface area contributed by atoms with E-state index in [9.17, 15) is 13.5 Å². The van der Waals surface area contributed by atoms with E-state index in [2.05, 4.69) is 4.72 Å². The number of thiophene rings is 1. The van der Waals surface area contributed by atoms with Crippen molar-refractivity contribution in [1.82, 2.24) is 4.72 Å². The van der Waals surface area contributed by atoms with Crippen molar-refractivity contribution < 1.29 is 13.5 Å². The van der Waals surface area contributed by atoms with Gasteiger partial charge in [0.1, 0.15) is 0 Å². The van der Waals surface area contributed by atoms with Crippen molar-refractivity contribution in [3.63, 3.8) is 0 Å². The SMILES string of the molecule is Cc1c(Cl)cccc1S(=O)(=O)NCC[C@H](CCO)c1cccs1. The molecule has 2 rings (SSSR count). The van der Waals surface area contributed by atoms with Crippen molar-refractivity contribution in [3.05, 3.63) is 51.2 Å². The summed E-state index contributed by atoms with van der Waals surface area (Å²) in [5.74, 6) is 0.156. The Labute approximate surface area is 146 Å². The van der Waals surface area contributed by atoms with Crippen LogP contribution >= 0.6 is 22.9 Å². The Kier molecular flexibility index (Phi) is 6.61. The molecule has 4 nitrogen and oxygen atoms in total. The number of nitrogens with one attached hydrogen (secondary N) is 1. The van der Waals surface area contributed by atoms with E-state index in [0.29, 0.717) is 30.0 Å². The third kappa shape index (κ3) is 4.78. The summed E-state index contributed by atoms with van der Waals surface area (Å²) >= 11 is 7.62. The molecule has 0 saturated heterocycles. The van der Waals surface area contributed by atoms with Gasteiger partial charge in [0, 0.05) is 23.1 Å². The minimum absolute atomic E-state index is 0.0860. The van der Waals surface area contributed by atoms with E-state index in [1.807, 2.05) is 17.5 Å². The van der Waals surface area contributed by atoms with Crippen molar-refractivity contribution >= 4 is 33.0 Å². The Balaban J connectivity index is 2.03. The molecule has 0 amide bonds. The van der Waals surface area contributed by atoms with Crippen LogP contribution in [-0.2, 0) is 10.0 Å². The summed E-state index contributed by atoms with van der Waals surface area (Å²) < 4.78 is 27.5. The standard InChI is InChI=1S/C16H20ClNO3S2/c1-12-14(17)4-2-6-16(12)23(20,21)18-9-7-13(8-10-19)15-5-3-11-22-15/h2-6,11,13,18-19H,7-10H2,1H3/t13-/m1/s1. The van der Waals surface area contributed by atoms with Crippen LogP contribution in [0.5, 0.6) is 0 Å². The molecule has 7 heteroatoms. The van der Waals surface area contributed by atoms with Gasteiger partial charge in [-0.05, 0) is 54.8 Å². The molecule has 0 aliphatic carbocycles. The lowest BCUT2D eigenvalue weighted by Gasteiger charge is -2.15. The van der Waals surface area contributed by atoms with Crippen LogP contribution in [0.2, 0.25) is 5.02 Å². The van der Waals surface area contributed by atoms with E-state index in [1.165, 1.54) is 0 Å². The molecule has 0 fully saturated rings. The molecule has 0 bridgehead atoms. The van der Waals surface area contributed by atoms with E-state index in [-0.39, 0.29) is 17.4 Å². The fraction of sp³-hybridized carbons (Fsp3) is 0.375. The summed E-state index contributed by atoms with van der Waals surface area (Å²) in [4.78, 5) is 1.37. The van der Waals surface area contributed by atoms with E-state index >= 15 is 0 Å². The van der Waals surface area contributed by atoms with Crippen LogP contribution in [0.3, 0.4) is 0 Å². The maximum Gasteiger partial charge on any atom is 0.240 e. The quantitative estimate of drug-likeness (QED) is 0.743. The highest BCUT2D eigenvalue weighted by Gasteiger charge is 2.19. The molecule has 0 aliphatic heterocycles. The molecule has 1 atom stereocenters. The molecule has 1 aromatic carbocycles. The summed E-state index contributed by atoms with van der Waals surface area (Å²) in [6, 6.07) is 8.83. The summed E-state index contributed by atoms with van der Waals surface area (Å²) in [7, 11) is -3.59. The van der Waals surface area contributed by atoms with Crippen LogP contribution in [0.15, 0.2) is 40.6 Å². The van der Waals surface area contributed by atoms with Crippen molar-refractivity contribution in [3.8, 4) is 0 Å². The topological polar surface area (TPSA) is 66.4 Å². The Morgan fingerprint density at radius 3 is 2.70 bits per heavy atom. The highest BCUT2D eigenvalue weighted by molar-refractivity contribution is 7.89. The molecule has 2 aromatic rings. The zero-order valence-corrected chi connectivity index (χ0v) is 15.2. The second kappa shape index (κ2) is 8.26. The molecular formula is C16H20ClNO3S2. The lowest BCUT2D eigenvalue weighted by atomic mass is 10.0. The Morgan fingerprint density at radius 1 is 1.26 bits per heavy atom. The van der Waals surface area contributed by atoms with Gasteiger partial charge in [0.15, 0.2) is 0 Å². The first-order chi connectivity index (χ1) is 11.0. The average Bonchev–Trinajstić information content (AvgIpc) is 3.03. The first-order valence-electron chi connectivity index (χ1n) is 7.34. The van der Waals surface area contributed by atoms with Crippen LogP contribution < -0.4 is 4.72 Å². The number of halogens is 1. The lowest BCUT2D eigenvalue weighted by molar-refractivity contribution is 0.273. The summed E-state index contributed by atoms with van der Waals surface area (Å²) in [6.45, 7) is 2.09. The average molecular weight is 374 g/mol. The van der Waals surface area contributed by atoms with Gasteiger partial charge in [-0.25, -0.2) is 13.1 Å². The molecule has 0 unspecified atom stereocenters. The Morgan fingerprint density at radius 2 is 2.04 bits per heavy atom. The zero-order chi connectivity index (χ0) is 16.9. The Bertz CT molecular complexity index is 730. The number of sulfonamides is 1. The summed E-state index contributed by atoms with van der Waals surface area (Å²) in [5.41, 5.74) is 0.548. The largest absolute Gasteiger partial charge is 0.396 e. The Hall–Kier alpha value is -0.920. The van der Waals surface area contributed by atoms with E-state index < -0.39 is 10.0 Å². The third-order valence-corrected chi connectivity index (χ3v) is 6.77. The van der Waals surface area contributed by atoms with E-state index in [4.69, 9.17) is 11.6 Å². The maximum absolute atomic E-state index is 12.4. The molecule has 23 heavy (non-hydrogen) atoms. The van der Waals surface area contributed by atoms with Gasteiger partial charge in [0.25, 0.3) is 0 Å². The highest BCUT2D eigenvalue weighted by atomic mass is 35.5. The number of aliphatic hydroxyl groups is 1. The molecule has 1 heterocycles. The second-order valence-electron chi connectivity index (χ2n) is 5.27. The van der Waals surface area contributed by atoms with Gasteiger partial charge >= 0.3 is 0 Å².